The van der Waals surface area contributed by atoms with Gasteiger partial charge in [0.2, 0.25) is 5.82 Å². The van der Waals surface area contributed by atoms with Gasteiger partial charge in [-0.1, -0.05) is 12.1 Å². The first-order valence-electron chi connectivity index (χ1n) is 7.30. The second-order valence-electron chi connectivity index (χ2n) is 5.22. The van der Waals surface area contributed by atoms with E-state index in [2.05, 4.69) is 0 Å². The Morgan fingerprint density at radius 1 is 0.893 bits per heavy atom. The summed E-state index contributed by atoms with van der Waals surface area (Å²) in [6.45, 7) is 0. The maximum Gasteiger partial charge on any atom is 0.311 e. The highest BCUT2D eigenvalue weighted by atomic mass is 19.1. The summed E-state index contributed by atoms with van der Waals surface area (Å²) in [5, 5.41) is 37.7. The molecule has 10 nitrogen and oxygen atoms in total. The Bertz CT molecular complexity index is 933. The van der Waals surface area contributed by atoms with Crippen molar-refractivity contribution in [1.82, 2.24) is 0 Å². The molecule has 2 aromatic carbocycles. The lowest BCUT2D eigenvalue weighted by Crippen LogP contribution is -2.06. The fourth-order valence-corrected chi connectivity index (χ4v) is 2.03. The summed E-state index contributed by atoms with van der Waals surface area (Å²) in [6.07, 6.45) is -0.914. The van der Waals surface area contributed by atoms with E-state index in [1.54, 1.807) is 6.07 Å². The van der Waals surface area contributed by atoms with Crippen LogP contribution in [0.3, 0.4) is 0 Å². The van der Waals surface area contributed by atoms with E-state index >= 15 is 0 Å². The summed E-state index contributed by atoms with van der Waals surface area (Å²) in [7, 11) is 0. The van der Waals surface area contributed by atoms with Crippen molar-refractivity contribution in [2.24, 2.45) is 0 Å². The molecule has 0 aliphatic carbocycles. The Balaban J connectivity index is 0.000000307. The lowest BCUT2D eigenvalue weighted by molar-refractivity contribution is -0.396. The van der Waals surface area contributed by atoms with Gasteiger partial charge in [0.1, 0.15) is 5.82 Å². The summed E-state index contributed by atoms with van der Waals surface area (Å²) in [4.78, 5) is 39.4. The molecule has 0 radical (unpaired) electrons. The van der Waals surface area contributed by atoms with Crippen LogP contribution in [0.15, 0.2) is 36.4 Å². The normalized spacial score (nSPS) is 9.79. The number of hydrogen-bond acceptors (Lipinski definition) is 6. The first kappa shape index (κ1) is 22.1. The van der Waals surface area contributed by atoms with Crippen LogP contribution in [0, 0.1) is 31.9 Å². The first-order chi connectivity index (χ1) is 13.0. The van der Waals surface area contributed by atoms with E-state index in [0.717, 1.165) is 0 Å². The largest absolute Gasteiger partial charge is 0.481 e. The fourth-order valence-electron chi connectivity index (χ4n) is 2.03. The number of halogens is 2. The van der Waals surface area contributed by atoms with Gasteiger partial charge in [0, 0.05) is 5.56 Å². The van der Waals surface area contributed by atoms with Crippen LogP contribution in [0.25, 0.3) is 0 Å². The van der Waals surface area contributed by atoms with Crippen molar-refractivity contribution in [2.75, 3.05) is 0 Å². The van der Waals surface area contributed by atoms with Crippen molar-refractivity contribution in [3.63, 3.8) is 0 Å². The number of carboxylic acid groups (broad SMARTS) is 2. The van der Waals surface area contributed by atoms with Gasteiger partial charge in [0.15, 0.2) is 0 Å². The minimum absolute atomic E-state index is 0.127. The van der Waals surface area contributed by atoms with Crippen LogP contribution in [0.5, 0.6) is 0 Å². The molecule has 0 heterocycles. The van der Waals surface area contributed by atoms with Crippen LogP contribution in [-0.4, -0.2) is 32.0 Å². The molecule has 0 aliphatic heterocycles. The van der Waals surface area contributed by atoms with E-state index in [1.807, 2.05) is 0 Å². The van der Waals surface area contributed by atoms with Crippen molar-refractivity contribution in [1.29, 1.82) is 0 Å². The molecule has 0 unspecified atom stereocenters. The van der Waals surface area contributed by atoms with Crippen LogP contribution in [0.2, 0.25) is 0 Å². The molecule has 0 saturated carbocycles. The molecule has 0 spiro atoms. The quantitative estimate of drug-likeness (QED) is 0.554. The van der Waals surface area contributed by atoms with Crippen molar-refractivity contribution >= 4 is 23.3 Å². The Morgan fingerprint density at radius 3 is 1.93 bits per heavy atom. The number of nitro groups is 2. The number of carboxylic acids is 2. The fraction of sp³-hybridized carbons (Fsp3) is 0.125. The standard InChI is InChI=1S/C8H5FN2O6.C8H7FO2/c9-5-1-4(2-8(12)13)6(10(14)15)3-7(5)11(16)17;9-7-3-1-2-6(4-7)5-8(10)11/h1,3H,2H2,(H,12,13);1-4H,5H2,(H,10,11). The maximum absolute atomic E-state index is 13.1. The number of nitro benzene ring substituents is 2. The molecular weight excluding hydrogens is 386 g/mol. The average Bonchev–Trinajstić information content (AvgIpc) is 2.53. The lowest BCUT2D eigenvalue weighted by Gasteiger charge is -2.01. The van der Waals surface area contributed by atoms with E-state index in [1.165, 1.54) is 18.2 Å². The average molecular weight is 398 g/mol. The summed E-state index contributed by atoms with van der Waals surface area (Å²) < 4.78 is 25.6. The predicted molar refractivity (Wildman–Crippen MR) is 88.8 cm³/mol. The van der Waals surface area contributed by atoms with Crippen molar-refractivity contribution in [3.05, 3.63) is 79.4 Å². The minimum atomic E-state index is -1.40. The molecule has 12 heteroatoms. The van der Waals surface area contributed by atoms with E-state index in [-0.39, 0.29) is 6.42 Å². The molecule has 0 aromatic heterocycles. The minimum Gasteiger partial charge on any atom is -0.481 e. The number of nitrogens with zero attached hydrogens (tertiary/aromatic N) is 2. The number of carbonyl (C=O) groups is 2. The van der Waals surface area contributed by atoms with Crippen LogP contribution in [-0.2, 0) is 22.4 Å². The molecule has 2 rings (SSSR count). The zero-order chi connectivity index (χ0) is 21.4. The van der Waals surface area contributed by atoms with Gasteiger partial charge in [0.05, 0.1) is 28.8 Å². The van der Waals surface area contributed by atoms with E-state index in [4.69, 9.17) is 10.2 Å². The number of hydrogen-bond donors (Lipinski definition) is 2. The van der Waals surface area contributed by atoms with E-state index < -0.39 is 56.8 Å². The monoisotopic (exact) mass is 398 g/mol. The van der Waals surface area contributed by atoms with Crippen LogP contribution in [0.4, 0.5) is 20.2 Å². The van der Waals surface area contributed by atoms with Gasteiger partial charge in [-0.2, -0.15) is 4.39 Å². The maximum atomic E-state index is 13.1. The number of benzene rings is 2. The first-order valence-corrected chi connectivity index (χ1v) is 7.30. The summed E-state index contributed by atoms with van der Waals surface area (Å²) in [6, 6.07) is 6.47. The van der Waals surface area contributed by atoms with Gasteiger partial charge in [0.25, 0.3) is 5.69 Å². The second kappa shape index (κ2) is 9.66. The Morgan fingerprint density at radius 2 is 1.46 bits per heavy atom. The van der Waals surface area contributed by atoms with Crippen molar-refractivity contribution in [3.8, 4) is 0 Å². The summed E-state index contributed by atoms with van der Waals surface area (Å²) in [5.74, 6) is -4.06. The summed E-state index contributed by atoms with van der Waals surface area (Å²) in [5.41, 5.74) is -1.80. The zero-order valence-corrected chi connectivity index (χ0v) is 13.9. The molecule has 0 fully saturated rings. The Labute approximate surface area is 155 Å². The van der Waals surface area contributed by atoms with Gasteiger partial charge in [-0.05, 0) is 23.8 Å². The van der Waals surface area contributed by atoms with Gasteiger partial charge >= 0.3 is 17.6 Å². The topological polar surface area (TPSA) is 161 Å². The van der Waals surface area contributed by atoms with E-state index in [9.17, 15) is 38.6 Å². The van der Waals surface area contributed by atoms with Crippen LogP contribution < -0.4 is 0 Å². The third-order valence-corrected chi connectivity index (χ3v) is 3.13. The molecule has 148 valence electrons. The molecule has 28 heavy (non-hydrogen) atoms. The molecule has 0 aliphatic rings. The molecule has 2 N–H and O–H groups in total. The smallest absolute Gasteiger partial charge is 0.311 e. The molecule has 2 aromatic rings. The highest BCUT2D eigenvalue weighted by molar-refractivity contribution is 5.72. The number of rotatable bonds is 6. The molecule has 0 atom stereocenters. The number of aliphatic carboxylic acids is 2. The second-order valence-corrected chi connectivity index (χ2v) is 5.22. The molecular formula is C16H12F2N2O8. The SMILES string of the molecule is O=C(O)Cc1cc(F)c([N+](=O)[O-])cc1[N+](=O)[O-].O=C(O)Cc1cccc(F)c1. The van der Waals surface area contributed by atoms with Crippen molar-refractivity contribution in [2.45, 2.75) is 12.8 Å². The van der Waals surface area contributed by atoms with Crippen LogP contribution >= 0.6 is 0 Å². The zero-order valence-electron chi connectivity index (χ0n) is 13.9. The van der Waals surface area contributed by atoms with Crippen LogP contribution in [0.1, 0.15) is 11.1 Å². The summed E-state index contributed by atoms with van der Waals surface area (Å²) >= 11 is 0. The lowest BCUT2D eigenvalue weighted by atomic mass is 10.1. The van der Waals surface area contributed by atoms with Crippen molar-refractivity contribution < 1.29 is 38.4 Å². The molecule has 0 amide bonds. The molecule has 0 saturated heterocycles. The third-order valence-electron chi connectivity index (χ3n) is 3.13. The van der Waals surface area contributed by atoms with Gasteiger partial charge in [-0.15, -0.1) is 0 Å². The highest BCUT2D eigenvalue weighted by Crippen LogP contribution is 2.28. The van der Waals surface area contributed by atoms with Gasteiger partial charge in [-0.3, -0.25) is 29.8 Å². The molecule has 0 bridgehead atoms. The predicted octanol–water partition coefficient (Wildman–Crippen LogP) is 2.72. The Kier molecular flexibility index (Phi) is 7.62. The highest BCUT2D eigenvalue weighted by Gasteiger charge is 2.25. The third kappa shape index (κ3) is 6.74. The van der Waals surface area contributed by atoms with Gasteiger partial charge in [-0.25, -0.2) is 4.39 Å². The Hall–Kier alpha value is -3.96. The van der Waals surface area contributed by atoms with E-state index in [0.29, 0.717) is 17.7 Å². The van der Waals surface area contributed by atoms with Gasteiger partial charge < -0.3 is 10.2 Å².